The Kier molecular flexibility index (Phi) is 4.43. The topological polar surface area (TPSA) is 61.4 Å². The van der Waals surface area contributed by atoms with Crippen LogP contribution in [0, 0.1) is 0 Å². The molecule has 2 unspecified atom stereocenters. The van der Waals surface area contributed by atoms with E-state index in [0.29, 0.717) is 18.6 Å². The van der Waals surface area contributed by atoms with Crippen molar-refractivity contribution in [3.05, 3.63) is 35.4 Å². The van der Waals surface area contributed by atoms with Crippen molar-refractivity contribution in [3.8, 4) is 0 Å². The number of benzene rings is 1. The van der Waals surface area contributed by atoms with E-state index in [2.05, 4.69) is 15.5 Å². The van der Waals surface area contributed by atoms with Crippen molar-refractivity contribution in [2.24, 2.45) is 0 Å². The van der Waals surface area contributed by atoms with Crippen molar-refractivity contribution < 1.29 is 9.59 Å². The monoisotopic (exact) mass is 301 g/mol. The summed E-state index contributed by atoms with van der Waals surface area (Å²) in [6, 6.07) is 8.29. The Hall–Kier alpha value is -1.88. The van der Waals surface area contributed by atoms with Crippen LogP contribution < -0.4 is 10.6 Å². The maximum atomic E-state index is 12.8. The van der Waals surface area contributed by atoms with Gasteiger partial charge in [0.15, 0.2) is 0 Å². The van der Waals surface area contributed by atoms with Crippen LogP contribution in [0.3, 0.4) is 0 Å². The van der Waals surface area contributed by atoms with Crippen molar-refractivity contribution in [2.75, 3.05) is 13.1 Å². The van der Waals surface area contributed by atoms with Crippen LogP contribution in [0.1, 0.15) is 42.1 Å². The highest BCUT2D eigenvalue weighted by Gasteiger charge is 2.38. The Bertz CT molecular complexity index is 542. The molecule has 22 heavy (non-hydrogen) atoms. The lowest BCUT2D eigenvalue weighted by molar-refractivity contribution is -0.119. The first-order valence-corrected chi connectivity index (χ1v) is 8.02. The van der Waals surface area contributed by atoms with Crippen LogP contribution in [0.2, 0.25) is 0 Å². The number of carbonyl (C=O) groups is 2. The Labute approximate surface area is 131 Å². The highest BCUT2D eigenvalue weighted by Crippen LogP contribution is 2.29. The molecule has 0 radical (unpaired) electrons. The Morgan fingerprint density at radius 1 is 1.18 bits per heavy atom. The second-order valence-electron chi connectivity index (χ2n) is 6.20. The zero-order chi connectivity index (χ0) is 15.5. The predicted molar refractivity (Wildman–Crippen MR) is 84.4 cm³/mol. The summed E-state index contributed by atoms with van der Waals surface area (Å²) in [5, 5.41) is 6.18. The van der Waals surface area contributed by atoms with Crippen LogP contribution in [0.5, 0.6) is 0 Å². The van der Waals surface area contributed by atoms with Crippen molar-refractivity contribution in [1.29, 1.82) is 0 Å². The van der Waals surface area contributed by atoms with E-state index in [0.717, 1.165) is 43.5 Å². The van der Waals surface area contributed by atoms with E-state index in [4.69, 9.17) is 0 Å². The van der Waals surface area contributed by atoms with Gasteiger partial charge in [-0.2, -0.15) is 0 Å². The third kappa shape index (κ3) is 3.14. The van der Waals surface area contributed by atoms with E-state index in [1.807, 2.05) is 24.3 Å². The number of hydrogen-bond acceptors (Lipinski definition) is 3. The quantitative estimate of drug-likeness (QED) is 0.884. The van der Waals surface area contributed by atoms with Gasteiger partial charge in [-0.05, 0) is 43.5 Å². The zero-order valence-corrected chi connectivity index (χ0v) is 13.0. The number of hydrogen-bond donors (Lipinski definition) is 2. The fourth-order valence-electron chi connectivity index (χ4n) is 3.45. The van der Waals surface area contributed by atoms with Crippen molar-refractivity contribution >= 4 is 11.8 Å². The second kappa shape index (κ2) is 6.48. The molecule has 118 valence electrons. The first kappa shape index (κ1) is 15.0. The number of carbonyl (C=O) groups excluding carboxylic acids is 2. The number of amides is 2. The molecule has 2 aliphatic heterocycles. The molecule has 2 heterocycles. The largest absolute Gasteiger partial charge is 0.352 e. The lowest BCUT2D eigenvalue weighted by atomic mass is 10.1. The molecular formula is C17H23N3O2. The van der Waals surface area contributed by atoms with Gasteiger partial charge >= 0.3 is 0 Å². The van der Waals surface area contributed by atoms with Gasteiger partial charge in [0.2, 0.25) is 5.91 Å². The van der Waals surface area contributed by atoms with Crippen molar-refractivity contribution in [1.82, 2.24) is 15.5 Å². The van der Waals surface area contributed by atoms with Gasteiger partial charge in [0, 0.05) is 37.7 Å². The molecule has 2 N–H and O–H groups in total. The van der Waals surface area contributed by atoms with Crippen LogP contribution in [-0.4, -0.2) is 41.9 Å². The van der Waals surface area contributed by atoms with Crippen LogP contribution in [-0.2, 0) is 11.3 Å². The summed E-state index contributed by atoms with van der Waals surface area (Å²) in [5.41, 5.74) is 1.75. The molecule has 2 aliphatic rings. The van der Waals surface area contributed by atoms with Crippen molar-refractivity contribution in [2.45, 2.75) is 44.8 Å². The molecule has 2 fully saturated rings. The van der Waals surface area contributed by atoms with E-state index in [-0.39, 0.29) is 11.8 Å². The van der Waals surface area contributed by atoms with Gasteiger partial charge in [0.05, 0.1) is 0 Å². The summed E-state index contributed by atoms with van der Waals surface area (Å²) in [7, 11) is 0. The predicted octanol–water partition coefficient (Wildman–Crippen LogP) is 1.29. The lowest BCUT2D eigenvalue weighted by Gasteiger charge is -2.28. The second-order valence-corrected chi connectivity index (χ2v) is 6.20. The summed E-state index contributed by atoms with van der Waals surface area (Å²) in [4.78, 5) is 25.8. The highest BCUT2D eigenvalue weighted by molar-refractivity contribution is 5.95. The maximum Gasteiger partial charge on any atom is 0.254 e. The van der Waals surface area contributed by atoms with Crippen LogP contribution in [0.25, 0.3) is 0 Å². The highest BCUT2D eigenvalue weighted by atomic mass is 16.2. The van der Waals surface area contributed by atoms with E-state index in [1.165, 1.54) is 6.92 Å². The molecule has 0 aromatic heterocycles. The summed E-state index contributed by atoms with van der Waals surface area (Å²) >= 11 is 0. The molecule has 0 saturated carbocycles. The van der Waals surface area contributed by atoms with Gasteiger partial charge in [-0.25, -0.2) is 0 Å². The third-order valence-corrected chi connectivity index (χ3v) is 4.63. The molecule has 0 aliphatic carbocycles. The van der Waals surface area contributed by atoms with Crippen molar-refractivity contribution in [3.63, 3.8) is 0 Å². The van der Waals surface area contributed by atoms with Gasteiger partial charge < -0.3 is 15.5 Å². The number of nitrogens with zero attached hydrogens (tertiary/aromatic N) is 1. The molecular weight excluding hydrogens is 278 g/mol. The first-order chi connectivity index (χ1) is 10.6. The molecule has 2 saturated heterocycles. The number of fused-ring (bicyclic) bond motifs is 2. The zero-order valence-electron chi connectivity index (χ0n) is 13.0. The van der Waals surface area contributed by atoms with Gasteiger partial charge in [0.1, 0.15) is 0 Å². The molecule has 0 spiro atoms. The average Bonchev–Trinajstić information content (AvgIpc) is 2.78. The maximum absolute atomic E-state index is 12.8. The normalized spacial score (nSPS) is 24.0. The molecule has 5 nitrogen and oxygen atoms in total. The molecule has 2 amide bonds. The number of nitrogens with one attached hydrogen (secondary N) is 2. The average molecular weight is 301 g/mol. The number of rotatable bonds is 3. The molecule has 3 rings (SSSR count). The van der Waals surface area contributed by atoms with Gasteiger partial charge in [0.25, 0.3) is 5.91 Å². The first-order valence-electron chi connectivity index (χ1n) is 8.02. The standard InChI is InChI=1S/C17H23N3O2/c1-12(21)19-10-13-2-4-14(5-3-13)17(22)20-15-6-7-16(20)11-18-9-8-15/h2-5,15-16,18H,6-11H2,1H3,(H,19,21). The summed E-state index contributed by atoms with van der Waals surface area (Å²) in [6.07, 6.45) is 3.27. The SMILES string of the molecule is CC(=O)NCc1ccc(C(=O)N2C3CCNCC2CC3)cc1. The summed E-state index contributed by atoms with van der Waals surface area (Å²) < 4.78 is 0. The van der Waals surface area contributed by atoms with Crippen LogP contribution in [0.4, 0.5) is 0 Å². The summed E-state index contributed by atoms with van der Waals surface area (Å²) in [5.74, 6) is 0.0936. The Morgan fingerprint density at radius 2 is 1.91 bits per heavy atom. The van der Waals surface area contributed by atoms with Gasteiger partial charge in [-0.15, -0.1) is 0 Å². The molecule has 1 aromatic carbocycles. The van der Waals surface area contributed by atoms with E-state index in [9.17, 15) is 9.59 Å². The van der Waals surface area contributed by atoms with E-state index >= 15 is 0 Å². The minimum Gasteiger partial charge on any atom is -0.352 e. The Balaban J connectivity index is 1.70. The van der Waals surface area contributed by atoms with Crippen LogP contribution >= 0.6 is 0 Å². The van der Waals surface area contributed by atoms with E-state index < -0.39 is 0 Å². The van der Waals surface area contributed by atoms with Crippen LogP contribution in [0.15, 0.2) is 24.3 Å². The Morgan fingerprint density at radius 3 is 2.64 bits per heavy atom. The smallest absolute Gasteiger partial charge is 0.254 e. The lowest BCUT2D eigenvalue weighted by Crippen LogP contribution is -2.42. The minimum atomic E-state index is -0.0474. The van der Waals surface area contributed by atoms with Gasteiger partial charge in [-0.3, -0.25) is 9.59 Å². The summed E-state index contributed by atoms with van der Waals surface area (Å²) in [6.45, 7) is 3.91. The molecule has 2 atom stereocenters. The fourth-order valence-corrected chi connectivity index (χ4v) is 3.45. The molecule has 2 bridgehead atoms. The fraction of sp³-hybridized carbons (Fsp3) is 0.529. The van der Waals surface area contributed by atoms with Gasteiger partial charge in [-0.1, -0.05) is 12.1 Å². The minimum absolute atomic E-state index is 0.0474. The van der Waals surface area contributed by atoms with E-state index in [1.54, 1.807) is 0 Å². The molecule has 1 aromatic rings. The third-order valence-electron chi connectivity index (χ3n) is 4.63. The molecule has 5 heteroatoms.